The van der Waals surface area contributed by atoms with E-state index < -0.39 is 0 Å². The van der Waals surface area contributed by atoms with Gasteiger partial charge in [-0.2, -0.15) is 9.97 Å². The number of rotatable bonds is 16. The van der Waals surface area contributed by atoms with Crippen molar-refractivity contribution in [2.75, 3.05) is 15.5 Å². The highest BCUT2D eigenvalue weighted by Gasteiger charge is 2.26. The molecule has 5 rings (SSSR count). The highest BCUT2D eigenvalue weighted by Crippen LogP contribution is 2.32. The Morgan fingerprint density at radius 3 is 1.65 bits per heavy atom. The Morgan fingerprint density at radius 1 is 0.696 bits per heavy atom. The third-order valence-electron chi connectivity index (χ3n) is 7.54. The number of hydrogen-bond donors (Lipinski definition) is 2. The van der Waals surface area contributed by atoms with E-state index in [1.165, 1.54) is 0 Å². The van der Waals surface area contributed by atoms with E-state index in [0.717, 1.165) is 85.6 Å². The molecule has 10 heteroatoms. The van der Waals surface area contributed by atoms with Gasteiger partial charge in [-0.15, -0.1) is 10.2 Å². The van der Waals surface area contributed by atoms with Gasteiger partial charge in [0.1, 0.15) is 0 Å². The molecule has 3 aromatic heterocycles. The molecule has 0 saturated heterocycles. The fraction of sp³-hybridized carbons (Fsp3) is 0.361. The molecule has 0 aliphatic heterocycles. The van der Waals surface area contributed by atoms with E-state index >= 15 is 0 Å². The monoisotopic (exact) mass is 618 g/mol. The van der Waals surface area contributed by atoms with Crippen LogP contribution in [-0.4, -0.2) is 34.5 Å². The molecular weight excluding hydrogens is 572 g/mol. The molecule has 5 aromatic rings. The van der Waals surface area contributed by atoms with Gasteiger partial charge in [-0.05, 0) is 81.7 Å². The van der Waals surface area contributed by atoms with E-state index in [1.807, 2.05) is 77.0 Å². The van der Waals surface area contributed by atoms with Crippen molar-refractivity contribution in [1.82, 2.24) is 34.5 Å². The number of aryl methyl sites for hydroxylation is 4. The van der Waals surface area contributed by atoms with Gasteiger partial charge in [0.2, 0.25) is 23.8 Å². The molecule has 0 spiro atoms. The Labute approximate surface area is 272 Å². The van der Waals surface area contributed by atoms with Gasteiger partial charge >= 0.3 is 0 Å². The second kappa shape index (κ2) is 15.8. The average Bonchev–Trinajstić information content (AvgIpc) is 3.61. The van der Waals surface area contributed by atoms with E-state index in [2.05, 4.69) is 61.4 Å². The zero-order valence-electron chi connectivity index (χ0n) is 27.7. The number of hydrogen-bond acceptors (Lipinski definition) is 8. The maximum atomic E-state index is 5.09. The lowest BCUT2D eigenvalue weighted by Gasteiger charge is -2.23. The zero-order valence-corrected chi connectivity index (χ0v) is 27.7. The lowest BCUT2D eigenvalue weighted by molar-refractivity contribution is 0.541. The second-order valence-corrected chi connectivity index (χ2v) is 11.6. The van der Waals surface area contributed by atoms with Gasteiger partial charge in [-0.1, -0.05) is 75.9 Å². The predicted molar refractivity (Wildman–Crippen MR) is 188 cm³/mol. The van der Waals surface area contributed by atoms with Gasteiger partial charge in [0.15, 0.2) is 0 Å². The number of allylic oxidation sites excluding steroid dienone is 1. The molecule has 0 radical (unpaired) electrons. The molecule has 240 valence electrons. The highest BCUT2D eigenvalue weighted by molar-refractivity contribution is 5.67. The van der Waals surface area contributed by atoms with Crippen LogP contribution < -0.4 is 15.5 Å². The molecule has 2 aromatic carbocycles. The number of para-hydroxylation sites is 2. The summed E-state index contributed by atoms with van der Waals surface area (Å²) in [6.07, 6.45) is 8.47. The molecule has 0 unspecified atom stereocenters. The summed E-state index contributed by atoms with van der Waals surface area (Å²) in [4.78, 5) is 17.1. The standard InChI is InChI=1S/C36H46N10/c1-6-8-16-22-44-35(40-33(42-44)38-30-18-12-10-13-19-30)46(29(5)26-32-25-27(3)24-28(4)37-32)36-41-34(39-31-20-14-11-15-21-31)43-45(36)23-17-9-7-2/h10-15,18-21,24-26H,6-9,16-17,22-23H2,1-5H3,(H,38,42)(H,39,43)/b29-26-. The van der Waals surface area contributed by atoms with Crippen molar-refractivity contribution >= 4 is 41.2 Å². The van der Waals surface area contributed by atoms with Gasteiger partial charge < -0.3 is 10.6 Å². The van der Waals surface area contributed by atoms with Crippen molar-refractivity contribution < 1.29 is 0 Å². The van der Waals surface area contributed by atoms with Crippen LogP contribution in [0, 0.1) is 13.8 Å². The lowest BCUT2D eigenvalue weighted by atomic mass is 10.2. The average molecular weight is 619 g/mol. The zero-order chi connectivity index (χ0) is 32.3. The first-order valence-electron chi connectivity index (χ1n) is 16.4. The van der Waals surface area contributed by atoms with E-state index in [4.69, 9.17) is 25.1 Å². The van der Waals surface area contributed by atoms with Gasteiger partial charge in [-0.25, -0.2) is 9.36 Å². The molecule has 46 heavy (non-hydrogen) atoms. The summed E-state index contributed by atoms with van der Waals surface area (Å²) in [5.41, 5.74) is 5.76. The first-order chi connectivity index (χ1) is 22.4. The third-order valence-corrected chi connectivity index (χ3v) is 7.54. The SMILES string of the molecule is CCCCCn1nc(Nc2ccccc2)nc1N(/C(C)=C\c1cc(C)cc(C)n1)c1nc(Nc2ccccc2)nn1CCCCC. The smallest absolute Gasteiger partial charge is 0.248 e. The first-order valence-corrected chi connectivity index (χ1v) is 16.4. The van der Waals surface area contributed by atoms with Crippen LogP contribution in [0.5, 0.6) is 0 Å². The minimum absolute atomic E-state index is 0.528. The van der Waals surface area contributed by atoms with Crippen molar-refractivity contribution in [2.24, 2.45) is 0 Å². The molecule has 0 aliphatic rings. The van der Waals surface area contributed by atoms with Crippen molar-refractivity contribution in [3.05, 3.63) is 95.4 Å². The molecule has 0 atom stereocenters. The number of nitrogens with one attached hydrogen (secondary N) is 2. The summed E-state index contributed by atoms with van der Waals surface area (Å²) in [6, 6.07) is 24.2. The fourth-order valence-corrected chi connectivity index (χ4v) is 5.36. The van der Waals surface area contributed by atoms with E-state index in [-0.39, 0.29) is 0 Å². The predicted octanol–water partition coefficient (Wildman–Crippen LogP) is 8.95. The number of aromatic nitrogens is 7. The minimum Gasteiger partial charge on any atom is -0.323 e. The molecule has 0 aliphatic carbocycles. The van der Waals surface area contributed by atoms with Crippen LogP contribution >= 0.6 is 0 Å². The van der Waals surface area contributed by atoms with Crippen LogP contribution in [0.2, 0.25) is 0 Å². The number of nitrogens with zero attached hydrogens (tertiary/aromatic N) is 8. The molecule has 0 fully saturated rings. The maximum absolute atomic E-state index is 5.09. The number of benzene rings is 2. The van der Waals surface area contributed by atoms with Crippen molar-refractivity contribution in [3.8, 4) is 0 Å². The van der Waals surface area contributed by atoms with Crippen molar-refractivity contribution in [2.45, 2.75) is 86.2 Å². The van der Waals surface area contributed by atoms with E-state index in [0.29, 0.717) is 23.8 Å². The quantitative estimate of drug-likeness (QED) is 0.106. The summed E-state index contributed by atoms with van der Waals surface area (Å²) < 4.78 is 3.98. The number of unbranched alkanes of at least 4 members (excludes halogenated alkanes) is 4. The summed E-state index contributed by atoms with van der Waals surface area (Å²) in [7, 11) is 0. The maximum Gasteiger partial charge on any atom is 0.248 e. The summed E-state index contributed by atoms with van der Waals surface area (Å²) in [5, 5.41) is 16.7. The van der Waals surface area contributed by atoms with Gasteiger partial charge in [0, 0.05) is 35.9 Å². The Kier molecular flexibility index (Phi) is 11.2. The van der Waals surface area contributed by atoms with Crippen molar-refractivity contribution in [3.63, 3.8) is 0 Å². The molecule has 10 nitrogen and oxygen atoms in total. The van der Waals surface area contributed by atoms with Crippen LogP contribution in [-0.2, 0) is 13.1 Å². The van der Waals surface area contributed by atoms with E-state index in [9.17, 15) is 0 Å². The molecule has 0 bridgehead atoms. The Morgan fingerprint density at radius 2 is 1.20 bits per heavy atom. The van der Waals surface area contributed by atoms with Gasteiger partial charge in [0.05, 0.1) is 5.69 Å². The largest absolute Gasteiger partial charge is 0.323 e. The fourth-order valence-electron chi connectivity index (χ4n) is 5.36. The molecule has 0 saturated carbocycles. The first kappa shape index (κ1) is 32.4. The summed E-state index contributed by atoms with van der Waals surface area (Å²) in [5.74, 6) is 2.39. The summed E-state index contributed by atoms with van der Waals surface area (Å²) in [6.45, 7) is 12.0. The highest BCUT2D eigenvalue weighted by atomic mass is 15.5. The lowest BCUT2D eigenvalue weighted by Crippen LogP contribution is -2.24. The molecule has 0 amide bonds. The topological polar surface area (TPSA) is 102 Å². The van der Waals surface area contributed by atoms with Crippen molar-refractivity contribution in [1.29, 1.82) is 0 Å². The molecule has 2 N–H and O–H groups in total. The Balaban J connectivity index is 1.65. The Hall–Kier alpha value is -4.99. The Bertz CT molecular complexity index is 1590. The molecular formula is C36H46N10. The second-order valence-electron chi connectivity index (χ2n) is 11.6. The number of anilines is 6. The van der Waals surface area contributed by atoms with Gasteiger partial charge in [0.25, 0.3) is 0 Å². The van der Waals surface area contributed by atoms with Crippen LogP contribution in [0.1, 0.15) is 76.2 Å². The van der Waals surface area contributed by atoms with Crippen LogP contribution in [0.25, 0.3) is 6.08 Å². The number of pyridine rings is 1. The third kappa shape index (κ3) is 8.59. The van der Waals surface area contributed by atoms with E-state index in [1.54, 1.807) is 0 Å². The summed E-state index contributed by atoms with van der Waals surface area (Å²) >= 11 is 0. The van der Waals surface area contributed by atoms with Crippen LogP contribution in [0.3, 0.4) is 0 Å². The minimum atomic E-state index is 0.528. The normalized spacial score (nSPS) is 11.5. The molecule has 3 heterocycles. The van der Waals surface area contributed by atoms with Crippen LogP contribution in [0.4, 0.5) is 35.2 Å². The van der Waals surface area contributed by atoms with Crippen LogP contribution in [0.15, 0.2) is 78.5 Å². The van der Waals surface area contributed by atoms with Gasteiger partial charge in [-0.3, -0.25) is 9.88 Å².